The average Bonchev–Trinajstić information content (AvgIpc) is 2.50. The van der Waals surface area contributed by atoms with Gasteiger partial charge in [0, 0.05) is 15.8 Å². The molecule has 2 N–H and O–H groups in total. The second kappa shape index (κ2) is 7.27. The molecule has 0 radical (unpaired) electrons. The SMILES string of the molecule is CCc1ccc(NC(=O)C(C)Nc2ccc(Br)cc2)cc1. The van der Waals surface area contributed by atoms with E-state index >= 15 is 0 Å². The van der Waals surface area contributed by atoms with Gasteiger partial charge in [0.1, 0.15) is 6.04 Å². The Hall–Kier alpha value is -1.81. The predicted molar refractivity (Wildman–Crippen MR) is 91.7 cm³/mol. The Morgan fingerprint density at radius 3 is 2.19 bits per heavy atom. The lowest BCUT2D eigenvalue weighted by Crippen LogP contribution is -2.31. The van der Waals surface area contributed by atoms with Gasteiger partial charge in [-0.2, -0.15) is 0 Å². The van der Waals surface area contributed by atoms with E-state index in [9.17, 15) is 4.79 Å². The standard InChI is InChI=1S/C17H19BrN2O/c1-3-13-4-8-16(9-5-13)20-17(21)12(2)19-15-10-6-14(18)7-11-15/h4-12,19H,3H2,1-2H3,(H,20,21). The molecule has 1 atom stereocenters. The minimum Gasteiger partial charge on any atom is -0.374 e. The molecule has 2 rings (SSSR count). The first-order valence-corrected chi connectivity index (χ1v) is 7.79. The lowest BCUT2D eigenvalue weighted by molar-refractivity contribution is -0.116. The fraction of sp³-hybridized carbons (Fsp3) is 0.235. The molecule has 0 aliphatic rings. The van der Waals surface area contributed by atoms with Crippen LogP contribution in [0.25, 0.3) is 0 Å². The fourth-order valence-electron chi connectivity index (χ4n) is 1.94. The summed E-state index contributed by atoms with van der Waals surface area (Å²) in [7, 11) is 0. The van der Waals surface area contributed by atoms with E-state index in [2.05, 4.69) is 33.5 Å². The van der Waals surface area contributed by atoms with Gasteiger partial charge in [-0.15, -0.1) is 0 Å². The number of carbonyl (C=O) groups is 1. The Morgan fingerprint density at radius 1 is 1.05 bits per heavy atom. The fourth-order valence-corrected chi connectivity index (χ4v) is 2.20. The minimum absolute atomic E-state index is 0.0535. The largest absolute Gasteiger partial charge is 0.374 e. The Kier molecular flexibility index (Phi) is 5.39. The highest BCUT2D eigenvalue weighted by molar-refractivity contribution is 9.10. The zero-order valence-electron chi connectivity index (χ0n) is 12.2. The first-order chi connectivity index (χ1) is 10.1. The summed E-state index contributed by atoms with van der Waals surface area (Å²) in [5.74, 6) is -0.0535. The number of carbonyl (C=O) groups excluding carboxylic acids is 1. The van der Waals surface area contributed by atoms with E-state index in [1.54, 1.807) is 0 Å². The summed E-state index contributed by atoms with van der Waals surface area (Å²) in [6.07, 6.45) is 0.996. The number of amides is 1. The lowest BCUT2D eigenvalue weighted by Gasteiger charge is -2.15. The number of benzene rings is 2. The Balaban J connectivity index is 1.93. The third-order valence-electron chi connectivity index (χ3n) is 3.25. The number of rotatable bonds is 5. The van der Waals surface area contributed by atoms with Crippen molar-refractivity contribution in [3.05, 3.63) is 58.6 Å². The van der Waals surface area contributed by atoms with Crippen molar-refractivity contribution in [1.29, 1.82) is 0 Å². The summed E-state index contributed by atoms with van der Waals surface area (Å²) in [6, 6.07) is 15.4. The quantitative estimate of drug-likeness (QED) is 0.839. The molecule has 0 saturated carbocycles. The molecule has 1 unspecified atom stereocenters. The van der Waals surface area contributed by atoms with Crippen LogP contribution in [0.1, 0.15) is 19.4 Å². The third kappa shape index (κ3) is 4.60. The van der Waals surface area contributed by atoms with E-state index in [-0.39, 0.29) is 11.9 Å². The summed E-state index contributed by atoms with van der Waals surface area (Å²) in [4.78, 5) is 12.2. The molecule has 0 aliphatic carbocycles. The van der Waals surface area contributed by atoms with E-state index in [1.807, 2.05) is 55.5 Å². The zero-order valence-corrected chi connectivity index (χ0v) is 13.8. The van der Waals surface area contributed by atoms with Crippen molar-refractivity contribution in [2.75, 3.05) is 10.6 Å². The summed E-state index contributed by atoms with van der Waals surface area (Å²) in [5, 5.41) is 6.09. The second-order valence-electron chi connectivity index (χ2n) is 4.91. The molecule has 0 fully saturated rings. The van der Waals surface area contributed by atoms with Gasteiger partial charge in [0.25, 0.3) is 0 Å². The van der Waals surface area contributed by atoms with E-state index in [0.29, 0.717) is 0 Å². The van der Waals surface area contributed by atoms with Crippen LogP contribution in [0.2, 0.25) is 0 Å². The Morgan fingerprint density at radius 2 is 1.62 bits per heavy atom. The molecule has 110 valence electrons. The van der Waals surface area contributed by atoms with Gasteiger partial charge >= 0.3 is 0 Å². The smallest absolute Gasteiger partial charge is 0.246 e. The van der Waals surface area contributed by atoms with Crippen molar-refractivity contribution in [2.45, 2.75) is 26.3 Å². The van der Waals surface area contributed by atoms with Crippen LogP contribution in [-0.4, -0.2) is 11.9 Å². The minimum atomic E-state index is -0.308. The van der Waals surface area contributed by atoms with E-state index in [1.165, 1.54) is 5.56 Å². The molecule has 4 heteroatoms. The maximum absolute atomic E-state index is 12.2. The van der Waals surface area contributed by atoms with E-state index < -0.39 is 0 Å². The normalized spacial score (nSPS) is 11.8. The molecule has 1 amide bonds. The maximum Gasteiger partial charge on any atom is 0.246 e. The van der Waals surface area contributed by atoms with Crippen molar-refractivity contribution in [2.24, 2.45) is 0 Å². The van der Waals surface area contributed by atoms with Crippen molar-refractivity contribution in [3.63, 3.8) is 0 Å². The summed E-state index contributed by atoms with van der Waals surface area (Å²) in [6.45, 7) is 3.95. The zero-order chi connectivity index (χ0) is 15.2. The van der Waals surface area contributed by atoms with Crippen LogP contribution >= 0.6 is 15.9 Å². The number of halogens is 1. The van der Waals surface area contributed by atoms with Crippen molar-refractivity contribution in [1.82, 2.24) is 0 Å². The van der Waals surface area contributed by atoms with E-state index in [0.717, 1.165) is 22.3 Å². The van der Waals surface area contributed by atoms with Crippen LogP contribution in [0.5, 0.6) is 0 Å². The summed E-state index contributed by atoms with van der Waals surface area (Å²) >= 11 is 3.39. The Bertz CT molecular complexity index is 593. The molecule has 3 nitrogen and oxygen atoms in total. The van der Waals surface area contributed by atoms with Gasteiger partial charge in [0.05, 0.1) is 0 Å². The number of hydrogen-bond acceptors (Lipinski definition) is 2. The number of anilines is 2. The molecule has 0 heterocycles. The molecule has 2 aromatic rings. The molecular formula is C17H19BrN2O. The number of aryl methyl sites for hydroxylation is 1. The van der Waals surface area contributed by atoms with E-state index in [4.69, 9.17) is 0 Å². The molecule has 0 saturated heterocycles. The number of nitrogens with one attached hydrogen (secondary N) is 2. The highest BCUT2D eigenvalue weighted by Gasteiger charge is 2.12. The summed E-state index contributed by atoms with van der Waals surface area (Å²) < 4.78 is 1.01. The van der Waals surface area contributed by atoms with Gasteiger partial charge in [0.2, 0.25) is 5.91 Å². The monoisotopic (exact) mass is 346 g/mol. The molecular weight excluding hydrogens is 328 g/mol. The molecule has 2 aromatic carbocycles. The topological polar surface area (TPSA) is 41.1 Å². The van der Waals surface area contributed by atoms with Gasteiger partial charge < -0.3 is 10.6 Å². The van der Waals surface area contributed by atoms with Crippen molar-refractivity contribution in [3.8, 4) is 0 Å². The third-order valence-corrected chi connectivity index (χ3v) is 3.78. The molecule has 21 heavy (non-hydrogen) atoms. The summed E-state index contributed by atoms with van der Waals surface area (Å²) in [5.41, 5.74) is 3.00. The van der Waals surface area contributed by atoms with Gasteiger partial charge in [-0.3, -0.25) is 4.79 Å². The van der Waals surface area contributed by atoms with Crippen molar-refractivity contribution < 1.29 is 4.79 Å². The molecule has 0 bridgehead atoms. The number of hydrogen-bond donors (Lipinski definition) is 2. The van der Waals surface area contributed by atoms with Crippen molar-refractivity contribution >= 4 is 33.2 Å². The predicted octanol–water partition coefficient (Wildman–Crippen LogP) is 4.45. The van der Waals surface area contributed by atoms with Crippen LogP contribution in [0.3, 0.4) is 0 Å². The Labute approximate surface area is 133 Å². The van der Waals surface area contributed by atoms with Crippen LogP contribution in [0.4, 0.5) is 11.4 Å². The van der Waals surface area contributed by atoms with Gasteiger partial charge in [0.15, 0.2) is 0 Å². The average molecular weight is 347 g/mol. The maximum atomic E-state index is 12.2. The second-order valence-corrected chi connectivity index (χ2v) is 5.83. The van der Waals surface area contributed by atoms with Crippen LogP contribution in [0, 0.1) is 0 Å². The molecule has 0 spiro atoms. The lowest BCUT2D eigenvalue weighted by atomic mass is 10.1. The van der Waals surface area contributed by atoms with Gasteiger partial charge in [-0.25, -0.2) is 0 Å². The molecule has 0 aromatic heterocycles. The first-order valence-electron chi connectivity index (χ1n) is 7.00. The highest BCUT2D eigenvalue weighted by atomic mass is 79.9. The van der Waals surface area contributed by atoms with Crippen LogP contribution in [-0.2, 0) is 11.2 Å². The first kappa shape index (κ1) is 15.6. The highest BCUT2D eigenvalue weighted by Crippen LogP contribution is 2.16. The molecule has 0 aliphatic heterocycles. The van der Waals surface area contributed by atoms with Gasteiger partial charge in [-0.05, 0) is 55.3 Å². The van der Waals surface area contributed by atoms with Crippen LogP contribution < -0.4 is 10.6 Å². The van der Waals surface area contributed by atoms with Crippen LogP contribution in [0.15, 0.2) is 53.0 Å². The van der Waals surface area contributed by atoms with Gasteiger partial charge in [-0.1, -0.05) is 35.0 Å².